The Bertz CT molecular complexity index is 1250. The molecule has 1 N–H and O–H groups in total. The molecule has 4 rings (SSSR count). The number of benzene rings is 1. The topological polar surface area (TPSA) is 77.6 Å². The first-order valence-electron chi connectivity index (χ1n) is 11.0. The minimum Gasteiger partial charge on any atom is -0.352 e. The Labute approximate surface area is 188 Å². The normalized spacial score (nSPS) is 12.3. The van der Waals surface area contributed by atoms with E-state index in [-0.39, 0.29) is 11.9 Å². The number of hydrogen-bond acceptors (Lipinski definition) is 4. The maximum Gasteiger partial charge on any atom is 0.252 e. The highest BCUT2D eigenvalue weighted by Gasteiger charge is 2.19. The lowest BCUT2D eigenvalue weighted by Gasteiger charge is -2.15. The number of fused-ring (bicyclic) bond motifs is 1. The summed E-state index contributed by atoms with van der Waals surface area (Å²) in [6, 6.07) is 14.3. The quantitative estimate of drug-likeness (QED) is 0.474. The number of aryl methyl sites for hydroxylation is 4. The summed E-state index contributed by atoms with van der Waals surface area (Å²) in [6.07, 6.45) is 0.799. The highest BCUT2D eigenvalue weighted by Crippen LogP contribution is 2.23. The number of pyridine rings is 1. The zero-order chi connectivity index (χ0) is 22.8. The van der Waals surface area contributed by atoms with Crippen LogP contribution in [0, 0.1) is 27.7 Å². The Kier molecular flexibility index (Phi) is 6.08. The molecule has 0 spiro atoms. The highest BCUT2D eigenvalue weighted by atomic mass is 16.1. The molecule has 1 unspecified atom stereocenters. The Morgan fingerprint density at radius 3 is 2.47 bits per heavy atom. The van der Waals surface area contributed by atoms with Crippen molar-refractivity contribution in [3.05, 3.63) is 76.4 Å². The van der Waals surface area contributed by atoms with Crippen molar-refractivity contribution >= 4 is 16.9 Å². The van der Waals surface area contributed by atoms with Crippen molar-refractivity contribution in [2.45, 2.75) is 53.6 Å². The smallest absolute Gasteiger partial charge is 0.252 e. The molecular formula is C25H30N6O. The van der Waals surface area contributed by atoms with E-state index in [1.54, 1.807) is 0 Å². The maximum atomic E-state index is 13.1. The molecule has 32 heavy (non-hydrogen) atoms. The highest BCUT2D eigenvalue weighted by molar-refractivity contribution is 6.06. The predicted molar refractivity (Wildman–Crippen MR) is 126 cm³/mol. The van der Waals surface area contributed by atoms with E-state index in [1.165, 1.54) is 0 Å². The molecule has 0 saturated heterocycles. The van der Waals surface area contributed by atoms with E-state index in [2.05, 4.69) is 42.5 Å². The Morgan fingerprint density at radius 2 is 1.78 bits per heavy atom. The summed E-state index contributed by atoms with van der Waals surface area (Å²) in [5.41, 5.74) is 6.27. The van der Waals surface area contributed by atoms with Crippen LogP contribution in [-0.4, -0.2) is 37.0 Å². The van der Waals surface area contributed by atoms with Gasteiger partial charge in [0.05, 0.1) is 34.9 Å². The van der Waals surface area contributed by atoms with Gasteiger partial charge < -0.3 is 5.32 Å². The van der Waals surface area contributed by atoms with Crippen molar-refractivity contribution in [1.82, 2.24) is 29.9 Å². The summed E-state index contributed by atoms with van der Waals surface area (Å²) in [5, 5.41) is 13.1. The molecule has 166 valence electrons. The van der Waals surface area contributed by atoms with E-state index in [4.69, 9.17) is 10.1 Å². The number of amides is 1. The molecule has 1 atom stereocenters. The van der Waals surface area contributed by atoms with Gasteiger partial charge in [-0.1, -0.05) is 30.3 Å². The van der Waals surface area contributed by atoms with Gasteiger partial charge in [0.2, 0.25) is 0 Å². The molecule has 7 nitrogen and oxygen atoms in total. The van der Waals surface area contributed by atoms with E-state index >= 15 is 0 Å². The van der Waals surface area contributed by atoms with Crippen molar-refractivity contribution in [2.24, 2.45) is 0 Å². The van der Waals surface area contributed by atoms with Crippen molar-refractivity contribution in [2.75, 3.05) is 6.54 Å². The van der Waals surface area contributed by atoms with Crippen molar-refractivity contribution < 1.29 is 4.79 Å². The van der Waals surface area contributed by atoms with E-state index in [1.807, 2.05) is 54.4 Å². The zero-order valence-corrected chi connectivity index (χ0v) is 19.4. The van der Waals surface area contributed by atoms with Crippen LogP contribution in [0.5, 0.6) is 0 Å². The van der Waals surface area contributed by atoms with Gasteiger partial charge in [-0.25, -0.2) is 9.67 Å². The van der Waals surface area contributed by atoms with Crippen LogP contribution < -0.4 is 5.32 Å². The molecule has 1 amide bonds. The third kappa shape index (κ3) is 4.42. The van der Waals surface area contributed by atoms with Crippen molar-refractivity contribution in [3.63, 3.8) is 0 Å². The number of rotatable bonds is 7. The number of nitrogens with one attached hydrogen (secondary N) is 1. The Hall–Kier alpha value is -3.48. The number of hydrogen-bond donors (Lipinski definition) is 1. The molecule has 3 aromatic heterocycles. The lowest BCUT2D eigenvalue weighted by atomic mass is 10.1. The molecule has 0 fully saturated rings. The summed E-state index contributed by atoms with van der Waals surface area (Å²) >= 11 is 0. The summed E-state index contributed by atoms with van der Waals surface area (Å²) < 4.78 is 3.91. The molecule has 0 aliphatic heterocycles. The van der Waals surface area contributed by atoms with E-state index in [9.17, 15) is 4.79 Å². The second-order valence-electron chi connectivity index (χ2n) is 8.50. The van der Waals surface area contributed by atoms with E-state index in [0.717, 1.165) is 45.8 Å². The Balaban J connectivity index is 1.53. The second kappa shape index (κ2) is 8.94. The van der Waals surface area contributed by atoms with Crippen LogP contribution in [-0.2, 0) is 6.54 Å². The van der Waals surface area contributed by atoms with Gasteiger partial charge in [0.15, 0.2) is 5.65 Å². The lowest BCUT2D eigenvalue weighted by Crippen LogP contribution is -2.27. The van der Waals surface area contributed by atoms with Gasteiger partial charge in [-0.15, -0.1) is 0 Å². The molecule has 3 heterocycles. The predicted octanol–water partition coefficient (Wildman–Crippen LogP) is 4.29. The van der Waals surface area contributed by atoms with Crippen LogP contribution in [0.15, 0.2) is 42.5 Å². The first kappa shape index (κ1) is 21.7. The fraction of sp³-hybridized carbons (Fsp3) is 0.360. The molecule has 1 aromatic carbocycles. The number of carbonyl (C=O) groups excluding carboxylic acids is 1. The molecule has 7 heteroatoms. The minimum atomic E-state index is -0.0940. The average molecular weight is 431 g/mol. The monoisotopic (exact) mass is 430 g/mol. The van der Waals surface area contributed by atoms with Gasteiger partial charge in [0.1, 0.15) is 0 Å². The van der Waals surface area contributed by atoms with Gasteiger partial charge in [-0.3, -0.25) is 9.48 Å². The average Bonchev–Trinajstić information content (AvgIpc) is 3.26. The van der Waals surface area contributed by atoms with Crippen LogP contribution in [0.4, 0.5) is 0 Å². The molecule has 0 aliphatic carbocycles. The molecular weight excluding hydrogens is 400 g/mol. The fourth-order valence-electron chi connectivity index (χ4n) is 4.23. The van der Waals surface area contributed by atoms with Crippen LogP contribution in [0.1, 0.15) is 58.1 Å². The standard InChI is InChI=1S/C25H30N6O/c1-16-14-22(25(32)26-12-11-18(3)31-19(4)13-17(2)28-31)23-20(5)29-30(24(23)27-16)15-21-9-7-6-8-10-21/h6-10,13-14,18H,11-12,15H2,1-5H3,(H,26,32). The van der Waals surface area contributed by atoms with Crippen LogP contribution >= 0.6 is 0 Å². The minimum absolute atomic E-state index is 0.0940. The van der Waals surface area contributed by atoms with Crippen LogP contribution in [0.2, 0.25) is 0 Å². The van der Waals surface area contributed by atoms with Gasteiger partial charge in [-0.2, -0.15) is 10.2 Å². The van der Waals surface area contributed by atoms with E-state index in [0.29, 0.717) is 18.7 Å². The van der Waals surface area contributed by atoms with Crippen LogP contribution in [0.25, 0.3) is 11.0 Å². The SMILES string of the molecule is Cc1cc(C(=O)NCCC(C)n2nc(C)cc2C)c2c(C)nn(Cc3ccccc3)c2n1. The second-order valence-corrected chi connectivity index (χ2v) is 8.50. The van der Waals surface area contributed by atoms with E-state index < -0.39 is 0 Å². The summed E-state index contributed by atoms with van der Waals surface area (Å²) in [6.45, 7) is 11.2. The third-order valence-corrected chi connectivity index (χ3v) is 5.74. The number of carbonyl (C=O) groups is 1. The summed E-state index contributed by atoms with van der Waals surface area (Å²) in [7, 11) is 0. The molecule has 4 aromatic rings. The summed E-state index contributed by atoms with van der Waals surface area (Å²) in [5.74, 6) is -0.0940. The van der Waals surface area contributed by atoms with Gasteiger partial charge in [-0.05, 0) is 58.7 Å². The lowest BCUT2D eigenvalue weighted by molar-refractivity contribution is 0.0953. The Morgan fingerprint density at radius 1 is 1.03 bits per heavy atom. The van der Waals surface area contributed by atoms with Crippen LogP contribution in [0.3, 0.4) is 0 Å². The maximum absolute atomic E-state index is 13.1. The zero-order valence-electron chi connectivity index (χ0n) is 19.4. The summed E-state index contributed by atoms with van der Waals surface area (Å²) in [4.78, 5) is 17.8. The molecule has 0 bridgehead atoms. The fourth-order valence-corrected chi connectivity index (χ4v) is 4.23. The largest absolute Gasteiger partial charge is 0.352 e. The van der Waals surface area contributed by atoms with Gasteiger partial charge in [0, 0.05) is 17.9 Å². The van der Waals surface area contributed by atoms with Crippen molar-refractivity contribution in [3.8, 4) is 0 Å². The van der Waals surface area contributed by atoms with Gasteiger partial charge >= 0.3 is 0 Å². The first-order chi connectivity index (χ1) is 15.3. The molecule has 0 saturated carbocycles. The number of aromatic nitrogens is 5. The molecule has 0 aliphatic rings. The number of nitrogens with zero attached hydrogens (tertiary/aromatic N) is 5. The molecule has 0 radical (unpaired) electrons. The van der Waals surface area contributed by atoms with Crippen molar-refractivity contribution in [1.29, 1.82) is 0 Å². The van der Waals surface area contributed by atoms with Gasteiger partial charge in [0.25, 0.3) is 5.91 Å². The third-order valence-electron chi connectivity index (χ3n) is 5.74. The first-order valence-corrected chi connectivity index (χ1v) is 11.0.